The molecule has 0 bridgehead atoms. The van der Waals surface area contributed by atoms with Crippen molar-refractivity contribution >= 4 is 32.6 Å². The number of hydrogen-bond donors (Lipinski definition) is 2. The highest BCUT2D eigenvalue weighted by molar-refractivity contribution is 7.90. The molecule has 3 aromatic rings. The minimum absolute atomic E-state index is 0.0891. The van der Waals surface area contributed by atoms with Crippen molar-refractivity contribution in [3.63, 3.8) is 0 Å². The molecule has 2 aromatic carbocycles. The number of carbonyl (C=O) groups excluding carboxylic acids is 2. The zero-order valence-electron chi connectivity index (χ0n) is 20.0. The van der Waals surface area contributed by atoms with Crippen molar-refractivity contribution in [2.75, 3.05) is 6.26 Å². The number of sulfone groups is 1. The first-order chi connectivity index (χ1) is 17.1. The largest absolute Gasteiger partial charge is 0.451 e. The summed E-state index contributed by atoms with van der Waals surface area (Å²) in [7, 11) is -3.35. The average Bonchev–Trinajstić information content (AvgIpc) is 3.51. The number of rotatable bonds is 6. The van der Waals surface area contributed by atoms with Crippen LogP contribution in [0.3, 0.4) is 0 Å². The summed E-state index contributed by atoms with van der Waals surface area (Å²) in [6.45, 7) is 0. The fourth-order valence-electron chi connectivity index (χ4n) is 4.80. The van der Waals surface area contributed by atoms with Crippen LogP contribution < -0.4 is 10.6 Å². The van der Waals surface area contributed by atoms with E-state index < -0.39 is 26.8 Å². The predicted octanol–water partition coefficient (Wildman–Crippen LogP) is 4.11. The van der Waals surface area contributed by atoms with Gasteiger partial charge in [0.15, 0.2) is 15.6 Å². The van der Waals surface area contributed by atoms with Crippen molar-refractivity contribution in [2.45, 2.75) is 60.9 Å². The maximum Gasteiger partial charge on any atom is 0.287 e. The van der Waals surface area contributed by atoms with Gasteiger partial charge in [0.1, 0.15) is 16.7 Å². The van der Waals surface area contributed by atoms with Crippen LogP contribution in [0.4, 0.5) is 0 Å². The highest BCUT2D eigenvalue weighted by Crippen LogP contribution is 2.37. The summed E-state index contributed by atoms with van der Waals surface area (Å²) in [5.41, 5.74) is 0.0650. The van der Waals surface area contributed by atoms with E-state index in [1.54, 1.807) is 30.3 Å². The molecule has 1 aromatic heterocycles. The monoisotopic (exact) mass is 505 g/mol. The first-order valence-corrected chi connectivity index (χ1v) is 13.9. The Hall–Kier alpha value is -3.64. The van der Waals surface area contributed by atoms with Crippen LogP contribution in [0.15, 0.2) is 57.8 Å². The molecular formula is C27H27N3O5S. The maximum absolute atomic E-state index is 13.2. The smallest absolute Gasteiger partial charge is 0.287 e. The van der Waals surface area contributed by atoms with Gasteiger partial charge in [0.05, 0.1) is 11.0 Å². The Morgan fingerprint density at radius 2 is 1.67 bits per heavy atom. The fourth-order valence-corrected chi connectivity index (χ4v) is 5.47. The molecule has 2 aliphatic carbocycles. The molecule has 186 valence electrons. The second kappa shape index (κ2) is 8.79. The average molecular weight is 506 g/mol. The number of benzene rings is 2. The molecule has 2 fully saturated rings. The summed E-state index contributed by atoms with van der Waals surface area (Å²) < 4.78 is 29.7. The first kappa shape index (κ1) is 24.1. The molecule has 36 heavy (non-hydrogen) atoms. The predicted molar refractivity (Wildman–Crippen MR) is 134 cm³/mol. The molecule has 2 amide bonds. The van der Waals surface area contributed by atoms with Gasteiger partial charge in [-0.05, 0) is 61.1 Å². The van der Waals surface area contributed by atoms with Gasteiger partial charge < -0.3 is 15.1 Å². The number of fused-ring (bicyclic) bond motifs is 1. The number of hydrogen-bond acceptors (Lipinski definition) is 6. The lowest BCUT2D eigenvalue weighted by Crippen LogP contribution is -2.61. The van der Waals surface area contributed by atoms with Crippen LogP contribution in [-0.4, -0.2) is 37.6 Å². The highest BCUT2D eigenvalue weighted by atomic mass is 32.2. The number of carbonyl (C=O) groups is 2. The Bertz CT molecular complexity index is 1510. The molecule has 0 aliphatic heterocycles. The summed E-state index contributed by atoms with van der Waals surface area (Å²) in [6, 6.07) is 15.9. The summed E-state index contributed by atoms with van der Waals surface area (Å²) in [6.07, 6.45) is 6.03. The van der Waals surface area contributed by atoms with Gasteiger partial charge in [0, 0.05) is 11.6 Å². The third-order valence-electron chi connectivity index (χ3n) is 7.15. The van der Waals surface area contributed by atoms with Gasteiger partial charge in [-0.1, -0.05) is 43.5 Å². The first-order valence-electron chi connectivity index (χ1n) is 12.0. The molecule has 0 saturated heterocycles. The maximum atomic E-state index is 13.2. The van der Waals surface area contributed by atoms with Crippen molar-refractivity contribution < 1.29 is 22.4 Å². The topological polar surface area (TPSA) is 129 Å². The molecule has 0 spiro atoms. The molecule has 2 aliphatic rings. The van der Waals surface area contributed by atoms with E-state index in [-0.39, 0.29) is 16.6 Å². The zero-order chi connectivity index (χ0) is 25.6. The Balaban J connectivity index is 1.40. The van der Waals surface area contributed by atoms with Crippen molar-refractivity contribution in [1.82, 2.24) is 10.6 Å². The Kier molecular flexibility index (Phi) is 5.87. The van der Waals surface area contributed by atoms with Crippen LogP contribution in [0.5, 0.6) is 0 Å². The lowest BCUT2D eigenvalue weighted by atomic mass is 9.80. The van der Waals surface area contributed by atoms with Crippen molar-refractivity contribution in [2.24, 2.45) is 0 Å². The van der Waals surface area contributed by atoms with E-state index in [1.165, 1.54) is 0 Å². The van der Waals surface area contributed by atoms with Gasteiger partial charge in [0.2, 0.25) is 5.91 Å². The minimum Gasteiger partial charge on any atom is -0.451 e. The van der Waals surface area contributed by atoms with Crippen LogP contribution >= 0.6 is 0 Å². The van der Waals surface area contributed by atoms with Gasteiger partial charge in [-0.15, -0.1) is 0 Å². The second-order valence-electron chi connectivity index (χ2n) is 9.91. The van der Waals surface area contributed by atoms with Gasteiger partial charge >= 0.3 is 0 Å². The van der Waals surface area contributed by atoms with Gasteiger partial charge in [-0.2, -0.15) is 5.26 Å². The molecule has 9 heteroatoms. The van der Waals surface area contributed by atoms with Crippen LogP contribution in [0.1, 0.15) is 55.5 Å². The molecule has 5 rings (SSSR count). The van der Waals surface area contributed by atoms with E-state index in [9.17, 15) is 23.3 Å². The Morgan fingerprint density at radius 3 is 2.33 bits per heavy atom. The summed E-state index contributed by atoms with van der Waals surface area (Å²) >= 11 is 0. The summed E-state index contributed by atoms with van der Waals surface area (Å²) in [4.78, 5) is 26.7. The van der Waals surface area contributed by atoms with Gasteiger partial charge in [0.25, 0.3) is 5.91 Å². The van der Waals surface area contributed by atoms with Crippen molar-refractivity contribution in [1.29, 1.82) is 5.26 Å². The third-order valence-corrected chi connectivity index (χ3v) is 8.26. The lowest BCUT2D eigenvalue weighted by Gasteiger charge is -2.37. The zero-order valence-corrected chi connectivity index (χ0v) is 20.8. The minimum atomic E-state index is -3.35. The van der Waals surface area contributed by atoms with E-state index in [0.29, 0.717) is 42.2 Å². The van der Waals surface area contributed by atoms with Gasteiger partial charge in [-0.25, -0.2) is 8.42 Å². The molecule has 2 N–H and O–H groups in total. The van der Waals surface area contributed by atoms with Crippen LogP contribution in [0.2, 0.25) is 0 Å². The SMILES string of the molecule is CS(=O)(=O)c1cccc(-c2ccc3cc(C(=O)NC4(C(=O)NC5(C#N)CC5)CCCCC4)oc3c2)c1. The second-order valence-corrected chi connectivity index (χ2v) is 11.9. The molecule has 0 unspecified atom stereocenters. The molecule has 1 heterocycles. The molecule has 0 radical (unpaired) electrons. The van der Waals surface area contributed by atoms with E-state index in [2.05, 4.69) is 16.7 Å². The van der Waals surface area contributed by atoms with Crippen molar-refractivity contribution in [3.05, 3.63) is 54.3 Å². The van der Waals surface area contributed by atoms with Gasteiger partial charge in [-0.3, -0.25) is 9.59 Å². The molecule has 8 nitrogen and oxygen atoms in total. The van der Waals surface area contributed by atoms with Crippen LogP contribution in [0.25, 0.3) is 22.1 Å². The molecule has 0 atom stereocenters. The summed E-state index contributed by atoms with van der Waals surface area (Å²) in [5.74, 6) is -0.698. The number of amides is 2. The third kappa shape index (κ3) is 4.61. The lowest BCUT2D eigenvalue weighted by molar-refractivity contribution is -0.129. The standard InChI is InChI=1S/C27H27N3O5S/c1-36(33,34)21-7-5-6-18(14-21)19-8-9-20-16-23(35-22(20)15-19)24(31)29-27(10-3-2-4-11-27)25(32)30-26(17-28)12-13-26/h5-9,14-16H,2-4,10-13H2,1H3,(H,29,31)(H,30,32). The quantitative estimate of drug-likeness (QED) is 0.519. The number of nitrogens with one attached hydrogen (secondary N) is 2. The van der Waals surface area contributed by atoms with E-state index >= 15 is 0 Å². The number of nitriles is 1. The van der Waals surface area contributed by atoms with Crippen molar-refractivity contribution in [3.8, 4) is 17.2 Å². The van der Waals surface area contributed by atoms with Crippen LogP contribution in [-0.2, 0) is 14.6 Å². The number of nitrogens with zero attached hydrogens (tertiary/aromatic N) is 1. The normalized spacial score (nSPS) is 18.2. The summed E-state index contributed by atoms with van der Waals surface area (Å²) in [5, 5.41) is 15.9. The molecular weight excluding hydrogens is 478 g/mol. The van der Waals surface area contributed by atoms with Crippen LogP contribution in [0, 0.1) is 11.3 Å². The highest BCUT2D eigenvalue weighted by Gasteiger charge is 2.50. The Labute approximate surface area is 209 Å². The Morgan fingerprint density at radius 1 is 0.944 bits per heavy atom. The number of furan rings is 1. The van der Waals surface area contributed by atoms with E-state index in [4.69, 9.17) is 4.42 Å². The van der Waals surface area contributed by atoms with E-state index in [0.717, 1.165) is 31.1 Å². The van der Waals surface area contributed by atoms with E-state index in [1.807, 2.05) is 18.2 Å². The molecule has 2 saturated carbocycles. The fraction of sp³-hybridized carbons (Fsp3) is 0.370.